The zero-order valence-corrected chi connectivity index (χ0v) is 23.6. The van der Waals surface area contributed by atoms with Crippen molar-refractivity contribution in [3.8, 4) is 45.0 Å². The van der Waals surface area contributed by atoms with Gasteiger partial charge in [-0.3, -0.25) is 19.9 Å². The van der Waals surface area contributed by atoms with Gasteiger partial charge in [0.25, 0.3) is 0 Å². The summed E-state index contributed by atoms with van der Waals surface area (Å²) in [6.45, 7) is 0. The van der Waals surface area contributed by atoms with Crippen molar-refractivity contribution in [2.75, 3.05) is 0 Å². The minimum absolute atomic E-state index is 0.871. The van der Waals surface area contributed by atoms with E-state index in [0.717, 1.165) is 55.8 Å². The van der Waals surface area contributed by atoms with Crippen LogP contribution in [0.3, 0.4) is 0 Å². The summed E-state index contributed by atoms with van der Waals surface area (Å²) in [5.41, 5.74) is 7.71. The van der Waals surface area contributed by atoms with Crippen molar-refractivity contribution in [2.45, 2.75) is 0 Å². The normalized spacial score (nSPS) is 11.6. The topological polar surface area (TPSA) is 51.6 Å². The Morgan fingerprint density at radius 1 is 0.295 bits per heavy atom. The lowest BCUT2D eigenvalue weighted by molar-refractivity contribution is 1.29. The SMILES string of the molecule is c1ccc(-c2c(-c3ccccn3)c3c(-c4ccccn4)ccc4c5cccc6cccc(c(c2-c2ccccn2)c34)c65)nc1. The van der Waals surface area contributed by atoms with E-state index in [0.29, 0.717) is 0 Å². The van der Waals surface area contributed by atoms with Gasteiger partial charge in [0, 0.05) is 57.8 Å². The van der Waals surface area contributed by atoms with Gasteiger partial charge in [-0.25, -0.2) is 0 Å². The van der Waals surface area contributed by atoms with Crippen LogP contribution in [0.2, 0.25) is 0 Å². The first-order chi connectivity index (χ1) is 21.9. The number of aromatic nitrogens is 4. The van der Waals surface area contributed by atoms with Gasteiger partial charge in [0.1, 0.15) is 0 Å². The molecule has 4 heterocycles. The Balaban J connectivity index is 1.68. The van der Waals surface area contributed by atoms with E-state index in [2.05, 4.69) is 91.0 Å². The average Bonchev–Trinajstić information content (AvgIpc) is 3.11. The molecule has 44 heavy (non-hydrogen) atoms. The maximum absolute atomic E-state index is 4.98. The van der Waals surface area contributed by atoms with Gasteiger partial charge in [0.2, 0.25) is 0 Å². The van der Waals surface area contributed by atoms with E-state index < -0.39 is 0 Å². The third-order valence-corrected chi connectivity index (χ3v) is 8.62. The molecule has 0 saturated carbocycles. The first kappa shape index (κ1) is 24.6. The highest BCUT2D eigenvalue weighted by molar-refractivity contribution is 6.39. The number of hydrogen-bond donors (Lipinski definition) is 0. The van der Waals surface area contributed by atoms with Crippen LogP contribution in [0.15, 0.2) is 146 Å². The molecule has 4 nitrogen and oxygen atoms in total. The minimum Gasteiger partial charge on any atom is -0.256 e. The number of hydrogen-bond acceptors (Lipinski definition) is 4. The molecular formula is C40H24N4. The van der Waals surface area contributed by atoms with Crippen LogP contribution in [-0.2, 0) is 0 Å². The third-order valence-electron chi connectivity index (χ3n) is 8.62. The molecule has 5 aromatic carbocycles. The maximum atomic E-state index is 4.98. The van der Waals surface area contributed by atoms with Gasteiger partial charge in [-0.05, 0) is 80.8 Å². The third kappa shape index (κ3) is 3.58. The molecule has 0 radical (unpaired) electrons. The second-order valence-corrected chi connectivity index (χ2v) is 11.0. The summed E-state index contributed by atoms with van der Waals surface area (Å²) in [5.74, 6) is 0. The molecule has 0 aliphatic heterocycles. The second kappa shape index (κ2) is 9.79. The fourth-order valence-corrected chi connectivity index (χ4v) is 6.93. The van der Waals surface area contributed by atoms with Gasteiger partial charge in [0.05, 0.1) is 22.8 Å². The number of benzene rings is 5. The van der Waals surface area contributed by atoms with Gasteiger partial charge in [0.15, 0.2) is 0 Å². The predicted molar refractivity (Wildman–Crippen MR) is 181 cm³/mol. The first-order valence-corrected chi connectivity index (χ1v) is 14.7. The molecule has 4 heteroatoms. The second-order valence-electron chi connectivity index (χ2n) is 11.0. The van der Waals surface area contributed by atoms with E-state index in [-0.39, 0.29) is 0 Å². The van der Waals surface area contributed by atoms with Crippen LogP contribution < -0.4 is 0 Å². The number of nitrogens with zero attached hydrogens (tertiary/aromatic N) is 4. The molecule has 0 N–H and O–H groups in total. The predicted octanol–water partition coefficient (Wildman–Crippen LogP) is 9.99. The number of rotatable bonds is 4. The molecule has 4 aromatic heterocycles. The van der Waals surface area contributed by atoms with E-state index in [1.54, 1.807) is 0 Å². The zero-order valence-electron chi connectivity index (χ0n) is 23.6. The first-order valence-electron chi connectivity index (χ1n) is 14.7. The fourth-order valence-electron chi connectivity index (χ4n) is 6.93. The van der Waals surface area contributed by atoms with Crippen molar-refractivity contribution in [1.82, 2.24) is 19.9 Å². The van der Waals surface area contributed by atoms with Crippen LogP contribution in [0, 0.1) is 0 Å². The Hall–Kier alpha value is -6.00. The summed E-state index contributed by atoms with van der Waals surface area (Å²) in [4.78, 5) is 19.8. The van der Waals surface area contributed by atoms with Crippen LogP contribution >= 0.6 is 0 Å². The van der Waals surface area contributed by atoms with E-state index in [1.807, 2.05) is 55.1 Å². The summed E-state index contributed by atoms with van der Waals surface area (Å²) in [5, 5.41) is 9.54. The molecule has 9 rings (SSSR count). The Morgan fingerprint density at radius 2 is 0.795 bits per heavy atom. The molecule has 0 amide bonds. The van der Waals surface area contributed by atoms with Crippen molar-refractivity contribution in [2.24, 2.45) is 0 Å². The number of pyridine rings is 4. The van der Waals surface area contributed by atoms with Crippen LogP contribution in [0.5, 0.6) is 0 Å². The molecule has 204 valence electrons. The van der Waals surface area contributed by atoms with Crippen LogP contribution in [-0.4, -0.2) is 19.9 Å². The highest BCUT2D eigenvalue weighted by Gasteiger charge is 2.28. The lowest BCUT2D eigenvalue weighted by Gasteiger charge is -2.25. The van der Waals surface area contributed by atoms with Crippen molar-refractivity contribution < 1.29 is 0 Å². The molecule has 0 aliphatic carbocycles. The molecular weight excluding hydrogens is 536 g/mol. The van der Waals surface area contributed by atoms with E-state index >= 15 is 0 Å². The summed E-state index contributed by atoms with van der Waals surface area (Å²) in [6, 6.07) is 42.2. The summed E-state index contributed by atoms with van der Waals surface area (Å²) >= 11 is 0. The van der Waals surface area contributed by atoms with Gasteiger partial charge < -0.3 is 0 Å². The van der Waals surface area contributed by atoms with Gasteiger partial charge in [-0.15, -0.1) is 0 Å². The quantitative estimate of drug-likeness (QED) is 0.159. The van der Waals surface area contributed by atoms with Gasteiger partial charge >= 0.3 is 0 Å². The standard InChI is InChI=1S/C40H24N4/c1-5-21-41-30(15-1)28-20-19-27-26-13-9-11-25-12-10-14-29(34(25)26)37-35(27)36(28)38(31-16-2-6-22-42-31)40(33-18-4-8-24-44-33)39(37)32-17-3-7-23-43-32/h1-24H. The summed E-state index contributed by atoms with van der Waals surface area (Å²) in [7, 11) is 0. The highest BCUT2D eigenvalue weighted by Crippen LogP contribution is 2.53. The van der Waals surface area contributed by atoms with Crippen molar-refractivity contribution in [1.29, 1.82) is 0 Å². The maximum Gasteiger partial charge on any atom is 0.0716 e. The molecule has 0 atom stereocenters. The minimum atomic E-state index is 0.871. The molecule has 0 aliphatic rings. The van der Waals surface area contributed by atoms with E-state index in [1.165, 1.54) is 32.3 Å². The molecule has 0 unspecified atom stereocenters. The van der Waals surface area contributed by atoms with Crippen LogP contribution in [0.4, 0.5) is 0 Å². The molecule has 9 aromatic rings. The lowest BCUT2D eigenvalue weighted by atomic mass is 9.79. The van der Waals surface area contributed by atoms with Crippen LogP contribution in [0.25, 0.3) is 88.1 Å². The average molecular weight is 561 g/mol. The zero-order chi connectivity index (χ0) is 29.0. The Bertz CT molecular complexity index is 2450. The molecule has 0 fully saturated rings. The summed E-state index contributed by atoms with van der Waals surface area (Å²) in [6.07, 6.45) is 7.46. The number of fused-ring (bicyclic) bond motifs is 2. The van der Waals surface area contributed by atoms with Crippen molar-refractivity contribution in [3.63, 3.8) is 0 Å². The highest BCUT2D eigenvalue weighted by atomic mass is 14.7. The lowest BCUT2D eigenvalue weighted by Crippen LogP contribution is -2.01. The van der Waals surface area contributed by atoms with Crippen molar-refractivity contribution in [3.05, 3.63) is 146 Å². The van der Waals surface area contributed by atoms with Gasteiger partial charge in [-0.1, -0.05) is 72.8 Å². The fraction of sp³-hybridized carbons (Fsp3) is 0. The van der Waals surface area contributed by atoms with Crippen LogP contribution in [0.1, 0.15) is 0 Å². The monoisotopic (exact) mass is 560 g/mol. The Morgan fingerprint density at radius 3 is 1.36 bits per heavy atom. The van der Waals surface area contributed by atoms with E-state index in [9.17, 15) is 0 Å². The summed E-state index contributed by atoms with van der Waals surface area (Å²) < 4.78 is 0. The molecule has 0 spiro atoms. The molecule has 0 saturated heterocycles. The van der Waals surface area contributed by atoms with E-state index in [4.69, 9.17) is 19.9 Å². The Labute approximate surface area is 253 Å². The Kier molecular flexibility index (Phi) is 5.47. The largest absolute Gasteiger partial charge is 0.256 e. The van der Waals surface area contributed by atoms with Crippen molar-refractivity contribution >= 4 is 43.1 Å². The smallest absolute Gasteiger partial charge is 0.0716 e. The molecule has 0 bridgehead atoms. The van der Waals surface area contributed by atoms with Gasteiger partial charge in [-0.2, -0.15) is 0 Å².